The van der Waals surface area contributed by atoms with E-state index in [1.54, 1.807) is 12.1 Å². The van der Waals surface area contributed by atoms with Crippen LogP contribution >= 0.6 is 0 Å². The van der Waals surface area contributed by atoms with Crippen LogP contribution < -0.4 is 5.32 Å². The summed E-state index contributed by atoms with van der Waals surface area (Å²) in [4.78, 5) is 50.5. The number of likely N-dealkylation sites (tertiary alicyclic amines) is 1. The molecule has 2 rings (SSSR count). The van der Waals surface area contributed by atoms with Crippen LogP contribution in [0, 0.1) is 22.2 Å². The fourth-order valence-corrected chi connectivity index (χ4v) is 4.19. The second kappa shape index (κ2) is 14.3. The summed E-state index contributed by atoms with van der Waals surface area (Å²) in [5.41, 5.74) is 0.819. The lowest BCUT2D eigenvalue weighted by molar-refractivity contribution is -0.158. The number of esters is 1. The SMILES string of the molecule is CC(C)CCCC(C)OC(=O)C1CCCN1C(=O)C(CC#N)NC(=O)C(O)Cc1ccc(N=O)cc1. The molecule has 2 N–H and O–H groups in total. The third-order valence-electron chi connectivity index (χ3n) is 6.20. The van der Waals surface area contributed by atoms with E-state index < -0.39 is 36.0 Å². The zero-order valence-corrected chi connectivity index (χ0v) is 21.2. The number of rotatable bonds is 13. The molecular weight excluding hydrogens is 464 g/mol. The van der Waals surface area contributed by atoms with Crippen molar-refractivity contribution in [1.29, 1.82) is 5.26 Å². The molecule has 1 aromatic carbocycles. The van der Waals surface area contributed by atoms with Gasteiger partial charge in [0.1, 0.15) is 23.9 Å². The number of carbonyl (C=O) groups is 3. The number of aliphatic hydroxyl groups excluding tert-OH is 1. The lowest BCUT2D eigenvalue weighted by Gasteiger charge is -2.28. The standard InChI is InChI=1S/C26H36N4O6/c1-17(2)6-4-7-18(3)36-26(34)22-8-5-15-30(22)25(33)21(13-14-27)28-24(32)23(31)16-19-9-11-20(29-35)12-10-19/h9-12,17-18,21-23,31H,4-8,13,15-16H2,1-3H3,(H,28,32). The van der Waals surface area contributed by atoms with Gasteiger partial charge in [-0.05, 0) is 61.4 Å². The minimum Gasteiger partial charge on any atom is -0.461 e. The molecule has 1 saturated heterocycles. The molecule has 1 fully saturated rings. The van der Waals surface area contributed by atoms with Crippen molar-refractivity contribution in [3.8, 4) is 6.07 Å². The molecule has 0 aromatic heterocycles. The van der Waals surface area contributed by atoms with Gasteiger partial charge in [0.2, 0.25) is 11.8 Å². The Balaban J connectivity index is 1.97. The van der Waals surface area contributed by atoms with Gasteiger partial charge >= 0.3 is 5.97 Å². The van der Waals surface area contributed by atoms with Gasteiger partial charge in [-0.25, -0.2) is 4.79 Å². The zero-order valence-electron chi connectivity index (χ0n) is 21.2. The summed E-state index contributed by atoms with van der Waals surface area (Å²) >= 11 is 0. The lowest BCUT2D eigenvalue weighted by Crippen LogP contribution is -2.53. The number of nitrogens with one attached hydrogen (secondary N) is 1. The Labute approximate surface area is 212 Å². The summed E-state index contributed by atoms with van der Waals surface area (Å²) in [6.07, 6.45) is 1.68. The number of nitroso groups, excluding NO2 is 1. The van der Waals surface area contributed by atoms with Gasteiger partial charge in [-0.2, -0.15) is 5.26 Å². The molecule has 36 heavy (non-hydrogen) atoms. The molecule has 4 atom stereocenters. The van der Waals surface area contributed by atoms with Gasteiger partial charge in [0.15, 0.2) is 0 Å². The molecule has 1 aliphatic heterocycles. The topological polar surface area (TPSA) is 149 Å². The molecule has 1 heterocycles. The second-order valence-corrected chi connectivity index (χ2v) is 9.66. The van der Waals surface area contributed by atoms with E-state index >= 15 is 0 Å². The Morgan fingerprint density at radius 3 is 2.53 bits per heavy atom. The molecule has 0 aliphatic carbocycles. The van der Waals surface area contributed by atoms with Crippen molar-refractivity contribution in [2.45, 2.75) is 90.0 Å². The monoisotopic (exact) mass is 500 g/mol. The van der Waals surface area contributed by atoms with Crippen LogP contribution in [0.1, 0.15) is 64.9 Å². The summed E-state index contributed by atoms with van der Waals surface area (Å²) in [6, 6.07) is 5.98. The molecule has 1 aromatic rings. The summed E-state index contributed by atoms with van der Waals surface area (Å²) in [7, 11) is 0. The van der Waals surface area contributed by atoms with Gasteiger partial charge < -0.3 is 20.1 Å². The Bertz CT molecular complexity index is 943. The first-order valence-electron chi connectivity index (χ1n) is 12.4. The molecule has 10 heteroatoms. The largest absolute Gasteiger partial charge is 0.461 e. The van der Waals surface area contributed by atoms with Gasteiger partial charge in [0, 0.05) is 13.0 Å². The molecule has 0 spiro atoms. The number of aliphatic hydroxyl groups is 1. The Morgan fingerprint density at radius 1 is 1.22 bits per heavy atom. The molecule has 1 aliphatic rings. The van der Waals surface area contributed by atoms with Crippen molar-refractivity contribution in [3.63, 3.8) is 0 Å². The molecule has 2 amide bonds. The minimum atomic E-state index is -1.47. The molecule has 10 nitrogen and oxygen atoms in total. The summed E-state index contributed by atoms with van der Waals surface area (Å²) in [5, 5.41) is 24.8. The van der Waals surface area contributed by atoms with Crippen molar-refractivity contribution in [2.24, 2.45) is 11.1 Å². The predicted octanol–water partition coefficient (Wildman–Crippen LogP) is 3.14. The first kappa shape index (κ1) is 28.9. The number of hydrogen-bond donors (Lipinski definition) is 2. The van der Waals surface area contributed by atoms with E-state index in [2.05, 4.69) is 24.3 Å². The van der Waals surface area contributed by atoms with Gasteiger partial charge in [-0.3, -0.25) is 9.59 Å². The van der Waals surface area contributed by atoms with Crippen LogP contribution in [0.4, 0.5) is 5.69 Å². The zero-order chi connectivity index (χ0) is 26.7. The van der Waals surface area contributed by atoms with E-state index in [4.69, 9.17) is 4.74 Å². The van der Waals surface area contributed by atoms with E-state index in [0.29, 0.717) is 30.9 Å². The highest BCUT2D eigenvalue weighted by molar-refractivity contribution is 5.92. The number of nitrogens with zero attached hydrogens (tertiary/aromatic N) is 3. The van der Waals surface area contributed by atoms with Crippen LogP contribution in [0.25, 0.3) is 0 Å². The molecular formula is C26H36N4O6. The highest BCUT2D eigenvalue weighted by Gasteiger charge is 2.39. The van der Waals surface area contributed by atoms with Crippen molar-refractivity contribution in [3.05, 3.63) is 34.7 Å². The maximum absolute atomic E-state index is 13.2. The number of ether oxygens (including phenoxy) is 1. The number of nitriles is 1. The summed E-state index contributed by atoms with van der Waals surface area (Å²) < 4.78 is 5.59. The molecule has 0 bridgehead atoms. The Hall–Kier alpha value is -3.32. The highest BCUT2D eigenvalue weighted by Crippen LogP contribution is 2.22. The quantitative estimate of drug-likeness (QED) is 0.312. The second-order valence-electron chi connectivity index (χ2n) is 9.66. The van der Waals surface area contributed by atoms with Crippen LogP contribution in [0.5, 0.6) is 0 Å². The van der Waals surface area contributed by atoms with Crippen LogP contribution in [0.15, 0.2) is 29.4 Å². The van der Waals surface area contributed by atoms with Crippen LogP contribution in [-0.2, 0) is 25.5 Å². The third kappa shape index (κ3) is 8.72. The number of carbonyl (C=O) groups excluding carboxylic acids is 3. The Kier molecular flexibility index (Phi) is 11.5. The van der Waals surface area contributed by atoms with E-state index in [-0.39, 0.29) is 24.6 Å². The van der Waals surface area contributed by atoms with Gasteiger partial charge in [0.25, 0.3) is 0 Å². The maximum Gasteiger partial charge on any atom is 0.329 e. The van der Waals surface area contributed by atoms with Gasteiger partial charge in [-0.1, -0.05) is 32.4 Å². The fourth-order valence-electron chi connectivity index (χ4n) is 4.19. The first-order valence-corrected chi connectivity index (χ1v) is 12.4. The van der Waals surface area contributed by atoms with Crippen LogP contribution in [0.2, 0.25) is 0 Å². The highest BCUT2D eigenvalue weighted by atomic mass is 16.5. The van der Waals surface area contributed by atoms with E-state index in [0.717, 1.165) is 19.3 Å². The van der Waals surface area contributed by atoms with E-state index in [1.807, 2.05) is 13.0 Å². The Morgan fingerprint density at radius 2 is 1.92 bits per heavy atom. The number of hydrogen-bond acceptors (Lipinski definition) is 8. The van der Waals surface area contributed by atoms with Crippen molar-refractivity contribution in [2.75, 3.05) is 6.54 Å². The average Bonchev–Trinajstić information content (AvgIpc) is 3.33. The van der Waals surface area contributed by atoms with Crippen LogP contribution in [0.3, 0.4) is 0 Å². The van der Waals surface area contributed by atoms with Crippen molar-refractivity contribution >= 4 is 23.5 Å². The normalized spacial score (nSPS) is 17.7. The first-order chi connectivity index (χ1) is 17.2. The predicted molar refractivity (Wildman–Crippen MR) is 133 cm³/mol. The van der Waals surface area contributed by atoms with Gasteiger partial charge in [-0.15, -0.1) is 4.91 Å². The third-order valence-corrected chi connectivity index (χ3v) is 6.20. The minimum absolute atomic E-state index is 0.0498. The summed E-state index contributed by atoms with van der Waals surface area (Å²) in [6.45, 7) is 6.43. The lowest BCUT2D eigenvalue weighted by atomic mass is 10.0. The van der Waals surface area contributed by atoms with Crippen molar-refractivity contribution in [1.82, 2.24) is 10.2 Å². The van der Waals surface area contributed by atoms with E-state index in [1.165, 1.54) is 17.0 Å². The number of amides is 2. The fraction of sp³-hybridized carbons (Fsp3) is 0.615. The maximum atomic E-state index is 13.2. The van der Waals surface area contributed by atoms with Gasteiger partial charge in [0.05, 0.1) is 18.6 Å². The average molecular weight is 501 g/mol. The number of benzene rings is 1. The molecule has 4 unspecified atom stereocenters. The molecule has 196 valence electrons. The molecule has 0 saturated carbocycles. The van der Waals surface area contributed by atoms with Crippen molar-refractivity contribution < 1.29 is 24.2 Å². The summed E-state index contributed by atoms with van der Waals surface area (Å²) in [5.74, 6) is -1.26. The van der Waals surface area contributed by atoms with Crippen LogP contribution in [-0.4, -0.2) is 58.6 Å². The van der Waals surface area contributed by atoms with E-state index in [9.17, 15) is 29.7 Å². The smallest absolute Gasteiger partial charge is 0.329 e. The molecule has 0 radical (unpaired) electrons.